The van der Waals surface area contributed by atoms with Crippen molar-refractivity contribution in [3.8, 4) is 0 Å². The molecule has 5 heteroatoms. The Kier molecular flexibility index (Phi) is 5.54. The lowest BCUT2D eigenvalue weighted by Crippen LogP contribution is -2.48. The highest BCUT2D eigenvalue weighted by atomic mass is 35.5. The van der Waals surface area contributed by atoms with E-state index in [1.807, 2.05) is 13.8 Å². The first kappa shape index (κ1) is 14.3. The van der Waals surface area contributed by atoms with Gasteiger partial charge in [-0.2, -0.15) is 4.31 Å². The highest BCUT2D eigenvalue weighted by Crippen LogP contribution is 2.26. The van der Waals surface area contributed by atoms with Gasteiger partial charge in [-0.25, -0.2) is 8.42 Å². The summed E-state index contributed by atoms with van der Waals surface area (Å²) in [5.74, 6) is 0.787. The Hall–Kier alpha value is 0.200. The van der Waals surface area contributed by atoms with Gasteiger partial charge in [0, 0.05) is 18.0 Å². The fourth-order valence-corrected chi connectivity index (χ4v) is 4.71. The zero-order valence-corrected chi connectivity index (χ0v) is 11.7. The number of hydrogen-bond donors (Lipinski definition) is 0. The third-order valence-electron chi connectivity index (χ3n) is 3.22. The van der Waals surface area contributed by atoms with Gasteiger partial charge in [0.1, 0.15) is 0 Å². The lowest BCUT2D eigenvalue weighted by atomic mass is 10.0. The molecule has 0 aromatic carbocycles. The Morgan fingerprint density at radius 3 is 2.25 bits per heavy atom. The second-order valence-electron chi connectivity index (χ2n) is 4.67. The quantitative estimate of drug-likeness (QED) is 0.567. The molecule has 0 aromatic rings. The van der Waals surface area contributed by atoms with Gasteiger partial charge in [-0.15, -0.1) is 11.6 Å². The maximum absolute atomic E-state index is 12.2. The number of sulfonamides is 1. The topological polar surface area (TPSA) is 37.4 Å². The van der Waals surface area contributed by atoms with Gasteiger partial charge in [-0.05, 0) is 39.5 Å². The summed E-state index contributed by atoms with van der Waals surface area (Å²) in [7, 11) is -3.08. The Balaban J connectivity index is 2.64. The maximum Gasteiger partial charge on any atom is 0.214 e. The molecular formula is C11H22ClNO2S. The van der Waals surface area contributed by atoms with E-state index in [2.05, 4.69) is 0 Å². The molecule has 2 atom stereocenters. The summed E-state index contributed by atoms with van der Waals surface area (Å²) in [6, 6.07) is 0.314. The van der Waals surface area contributed by atoms with Crippen LogP contribution < -0.4 is 0 Å². The maximum atomic E-state index is 12.2. The Morgan fingerprint density at radius 2 is 1.75 bits per heavy atom. The van der Waals surface area contributed by atoms with Crippen LogP contribution in [0.25, 0.3) is 0 Å². The van der Waals surface area contributed by atoms with E-state index in [0.29, 0.717) is 12.3 Å². The van der Waals surface area contributed by atoms with Crippen molar-refractivity contribution < 1.29 is 8.42 Å². The zero-order chi connectivity index (χ0) is 12.2. The summed E-state index contributed by atoms with van der Waals surface area (Å²) in [5.41, 5.74) is 0. The fourth-order valence-electron chi connectivity index (χ4n) is 2.43. The molecule has 1 heterocycles. The largest absolute Gasteiger partial charge is 0.214 e. The van der Waals surface area contributed by atoms with Crippen LogP contribution in [0.5, 0.6) is 0 Å². The first-order valence-corrected chi connectivity index (χ1v) is 8.20. The lowest BCUT2D eigenvalue weighted by Gasteiger charge is -2.37. The van der Waals surface area contributed by atoms with Crippen molar-refractivity contribution in [2.45, 2.75) is 58.0 Å². The molecule has 0 amide bonds. The summed E-state index contributed by atoms with van der Waals surface area (Å²) in [5, 5.41) is 0. The van der Waals surface area contributed by atoms with E-state index in [1.54, 1.807) is 4.31 Å². The second-order valence-corrected chi connectivity index (χ2v) is 7.04. The van der Waals surface area contributed by atoms with Gasteiger partial charge in [-0.3, -0.25) is 0 Å². The smallest absolute Gasteiger partial charge is 0.212 e. The summed E-state index contributed by atoms with van der Waals surface area (Å²) in [4.78, 5) is 0. The molecule has 0 bridgehead atoms. The Morgan fingerprint density at radius 1 is 1.19 bits per heavy atom. The normalized spacial score (nSPS) is 28.2. The average molecular weight is 268 g/mol. The van der Waals surface area contributed by atoms with Crippen LogP contribution in [0, 0.1) is 0 Å². The van der Waals surface area contributed by atoms with Crippen molar-refractivity contribution in [3.05, 3.63) is 0 Å². The number of rotatable bonds is 5. The summed E-state index contributed by atoms with van der Waals surface area (Å²) in [6.45, 7) is 4.02. The van der Waals surface area contributed by atoms with Crippen LogP contribution in [0.4, 0.5) is 0 Å². The summed E-state index contributed by atoms with van der Waals surface area (Å²) >= 11 is 5.57. The first-order chi connectivity index (χ1) is 7.49. The third-order valence-corrected chi connectivity index (χ3v) is 5.65. The molecule has 0 N–H and O–H groups in total. The number of piperidine rings is 1. The summed E-state index contributed by atoms with van der Waals surface area (Å²) < 4.78 is 26.0. The van der Waals surface area contributed by atoms with Gasteiger partial charge in [0.2, 0.25) is 10.0 Å². The van der Waals surface area contributed by atoms with Crippen molar-refractivity contribution in [1.29, 1.82) is 0 Å². The third kappa shape index (κ3) is 3.60. The van der Waals surface area contributed by atoms with Crippen molar-refractivity contribution >= 4 is 21.6 Å². The zero-order valence-electron chi connectivity index (χ0n) is 10.2. The van der Waals surface area contributed by atoms with E-state index in [1.165, 1.54) is 0 Å². The fraction of sp³-hybridized carbons (Fsp3) is 1.00. The highest BCUT2D eigenvalue weighted by Gasteiger charge is 2.33. The molecular weight excluding hydrogens is 246 g/mol. The molecule has 0 radical (unpaired) electrons. The van der Waals surface area contributed by atoms with Crippen LogP contribution in [-0.4, -0.2) is 36.4 Å². The van der Waals surface area contributed by atoms with Gasteiger partial charge < -0.3 is 0 Å². The van der Waals surface area contributed by atoms with E-state index in [0.717, 1.165) is 25.7 Å². The molecule has 96 valence electrons. The molecule has 0 aliphatic carbocycles. The molecule has 2 unspecified atom stereocenters. The molecule has 16 heavy (non-hydrogen) atoms. The highest BCUT2D eigenvalue weighted by molar-refractivity contribution is 7.89. The SMILES string of the molecule is CC1CCCC(C)N1S(=O)(=O)CCCCCl. The molecule has 0 spiro atoms. The van der Waals surface area contributed by atoms with Gasteiger partial charge >= 0.3 is 0 Å². The van der Waals surface area contributed by atoms with E-state index < -0.39 is 10.0 Å². The molecule has 0 aromatic heterocycles. The van der Waals surface area contributed by atoms with Crippen LogP contribution in [0.2, 0.25) is 0 Å². The molecule has 1 aliphatic rings. The van der Waals surface area contributed by atoms with Gasteiger partial charge in [-0.1, -0.05) is 6.42 Å². The van der Waals surface area contributed by atoms with E-state index in [-0.39, 0.29) is 17.8 Å². The number of hydrogen-bond acceptors (Lipinski definition) is 2. The molecule has 3 nitrogen and oxygen atoms in total. The lowest BCUT2D eigenvalue weighted by molar-refractivity contribution is 0.204. The minimum atomic E-state index is -3.08. The second kappa shape index (κ2) is 6.22. The predicted molar refractivity (Wildman–Crippen MR) is 68.4 cm³/mol. The van der Waals surface area contributed by atoms with Gasteiger partial charge in [0.25, 0.3) is 0 Å². The van der Waals surface area contributed by atoms with Gasteiger partial charge in [0.05, 0.1) is 5.75 Å². The number of halogens is 1. The Labute approximate surface area is 104 Å². The molecule has 1 fully saturated rings. The van der Waals surface area contributed by atoms with Gasteiger partial charge in [0.15, 0.2) is 0 Å². The average Bonchev–Trinajstić information content (AvgIpc) is 2.17. The minimum Gasteiger partial charge on any atom is -0.212 e. The van der Waals surface area contributed by atoms with E-state index in [9.17, 15) is 8.42 Å². The van der Waals surface area contributed by atoms with Crippen LogP contribution in [0.1, 0.15) is 46.0 Å². The molecule has 1 aliphatic heterocycles. The first-order valence-electron chi connectivity index (χ1n) is 6.06. The number of alkyl halides is 1. The van der Waals surface area contributed by atoms with Crippen molar-refractivity contribution in [3.63, 3.8) is 0 Å². The minimum absolute atomic E-state index is 0.157. The van der Waals surface area contributed by atoms with E-state index in [4.69, 9.17) is 11.6 Å². The van der Waals surface area contributed by atoms with Crippen LogP contribution in [0.15, 0.2) is 0 Å². The van der Waals surface area contributed by atoms with Crippen molar-refractivity contribution in [2.24, 2.45) is 0 Å². The monoisotopic (exact) mass is 267 g/mol. The number of unbranched alkanes of at least 4 members (excludes halogenated alkanes) is 1. The predicted octanol–water partition coefficient (Wildman–Crippen LogP) is 2.60. The standard InChI is InChI=1S/C11H22ClNO2S/c1-10-6-5-7-11(2)13(10)16(14,15)9-4-3-8-12/h10-11H,3-9H2,1-2H3. The van der Waals surface area contributed by atoms with Crippen molar-refractivity contribution in [2.75, 3.05) is 11.6 Å². The Bertz CT molecular complexity index is 295. The van der Waals surface area contributed by atoms with Crippen LogP contribution in [-0.2, 0) is 10.0 Å². The number of nitrogens with zero attached hydrogens (tertiary/aromatic N) is 1. The van der Waals surface area contributed by atoms with Crippen LogP contribution >= 0.6 is 11.6 Å². The van der Waals surface area contributed by atoms with Crippen molar-refractivity contribution in [1.82, 2.24) is 4.31 Å². The van der Waals surface area contributed by atoms with E-state index >= 15 is 0 Å². The summed E-state index contributed by atoms with van der Waals surface area (Å²) in [6.07, 6.45) is 4.55. The molecule has 1 rings (SSSR count). The molecule has 0 saturated carbocycles. The van der Waals surface area contributed by atoms with Crippen LogP contribution in [0.3, 0.4) is 0 Å². The molecule has 1 saturated heterocycles.